The molecule has 0 saturated carbocycles. The Bertz CT molecular complexity index is 790. The Morgan fingerprint density at radius 1 is 1.25 bits per heavy atom. The van der Waals surface area contributed by atoms with Crippen LogP contribution in [0.1, 0.15) is 16.8 Å². The van der Waals surface area contributed by atoms with Gasteiger partial charge in [-0.2, -0.15) is 0 Å². The van der Waals surface area contributed by atoms with Crippen molar-refractivity contribution in [2.24, 2.45) is 0 Å². The molecular formula is C16H16BrN3. The smallest absolute Gasteiger partial charge is 0.0652 e. The van der Waals surface area contributed by atoms with Crippen LogP contribution in [0.5, 0.6) is 0 Å². The maximum Gasteiger partial charge on any atom is 0.0652 e. The summed E-state index contributed by atoms with van der Waals surface area (Å²) in [4.78, 5) is 4.53. The summed E-state index contributed by atoms with van der Waals surface area (Å²) in [5, 5.41) is 1.21. The molecule has 1 aromatic carbocycles. The molecule has 2 N–H and O–H groups in total. The van der Waals surface area contributed by atoms with E-state index in [1.807, 2.05) is 26.1 Å². The molecule has 20 heavy (non-hydrogen) atoms. The van der Waals surface area contributed by atoms with Gasteiger partial charge in [-0.15, -0.1) is 0 Å². The number of nitrogen functional groups attached to an aromatic ring is 1. The molecule has 0 aliphatic carbocycles. The standard InChI is InChI=1S/C16H16BrN3/c1-10-8-19-14(11(2)16(10)18)9-20-7-6-12-13(17)4-3-5-15(12)20/h3-8H,9H2,1-2H3,(H2,18,19). The van der Waals surface area contributed by atoms with Gasteiger partial charge in [0.05, 0.1) is 12.2 Å². The first-order valence-electron chi connectivity index (χ1n) is 6.52. The molecule has 3 aromatic rings. The number of nitrogens with two attached hydrogens (primary N) is 1. The van der Waals surface area contributed by atoms with Crippen LogP contribution in [0.3, 0.4) is 0 Å². The van der Waals surface area contributed by atoms with Gasteiger partial charge in [-0.3, -0.25) is 4.98 Å². The third-order valence-electron chi connectivity index (χ3n) is 3.76. The van der Waals surface area contributed by atoms with Gasteiger partial charge in [-0.1, -0.05) is 22.0 Å². The average Bonchev–Trinajstić information content (AvgIpc) is 2.84. The highest BCUT2D eigenvalue weighted by atomic mass is 79.9. The predicted octanol–water partition coefficient (Wildman–Crippen LogP) is 4.05. The van der Waals surface area contributed by atoms with E-state index in [-0.39, 0.29) is 0 Å². The van der Waals surface area contributed by atoms with Crippen molar-refractivity contribution in [1.82, 2.24) is 9.55 Å². The van der Waals surface area contributed by atoms with Gasteiger partial charge < -0.3 is 10.3 Å². The minimum Gasteiger partial charge on any atom is -0.398 e. The maximum absolute atomic E-state index is 6.09. The van der Waals surface area contributed by atoms with E-state index in [0.29, 0.717) is 0 Å². The van der Waals surface area contributed by atoms with Crippen molar-refractivity contribution < 1.29 is 0 Å². The van der Waals surface area contributed by atoms with Crippen molar-refractivity contribution in [2.75, 3.05) is 5.73 Å². The highest BCUT2D eigenvalue weighted by molar-refractivity contribution is 9.10. The Kier molecular flexibility index (Phi) is 3.26. The number of aromatic nitrogens is 2. The van der Waals surface area contributed by atoms with Gasteiger partial charge in [0.1, 0.15) is 0 Å². The van der Waals surface area contributed by atoms with E-state index in [1.165, 1.54) is 10.9 Å². The fraction of sp³-hybridized carbons (Fsp3) is 0.188. The fourth-order valence-electron chi connectivity index (χ4n) is 2.44. The first-order valence-corrected chi connectivity index (χ1v) is 7.31. The maximum atomic E-state index is 6.09. The zero-order valence-electron chi connectivity index (χ0n) is 11.5. The normalized spacial score (nSPS) is 11.2. The molecule has 0 spiro atoms. The van der Waals surface area contributed by atoms with Crippen LogP contribution < -0.4 is 5.73 Å². The van der Waals surface area contributed by atoms with Crippen LogP contribution in [-0.2, 0) is 6.54 Å². The highest BCUT2D eigenvalue weighted by Crippen LogP contribution is 2.26. The summed E-state index contributed by atoms with van der Waals surface area (Å²) in [5.74, 6) is 0. The zero-order chi connectivity index (χ0) is 14.3. The van der Waals surface area contributed by atoms with Crippen molar-refractivity contribution in [3.8, 4) is 0 Å². The van der Waals surface area contributed by atoms with Crippen LogP contribution in [0.4, 0.5) is 5.69 Å². The number of aryl methyl sites for hydroxylation is 1. The predicted molar refractivity (Wildman–Crippen MR) is 86.9 cm³/mol. The van der Waals surface area contributed by atoms with E-state index >= 15 is 0 Å². The molecule has 3 rings (SSSR count). The second-order valence-electron chi connectivity index (χ2n) is 5.04. The van der Waals surface area contributed by atoms with E-state index in [2.05, 4.69) is 49.9 Å². The Labute approximate surface area is 126 Å². The number of halogens is 1. The van der Waals surface area contributed by atoms with E-state index in [4.69, 9.17) is 5.73 Å². The largest absolute Gasteiger partial charge is 0.398 e. The molecule has 102 valence electrons. The minimum absolute atomic E-state index is 0.732. The summed E-state index contributed by atoms with van der Waals surface area (Å²) in [6.07, 6.45) is 3.94. The Morgan fingerprint density at radius 3 is 2.85 bits per heavy atom. The van der Waals surface area contributed by atoms with Crippen molar-refractivity contribution in [3.63, 3.8) is 0 Å². The van der Waals surface area contributed by atoms with Crippen molar-refractivity contribution >= 4 is 32.5 Å². The summed E-state index contributed by atoms with van der Waals surface area (Å²) >= 11 is 3.58. The summed E-state index contributed by atoms with van der Waals surface area (Å²) in [6, 6.07) is 8.34. The molecule has 0 bridgehead atoms. The van der Waals surface area contributed by atoms with Crippen LogP contribution >= 0.6 is 15.9 Å². The van der Waals surface area contributed by atoms with Crippen molar-refractivity contribution in [2.45, 2.75) is 20.4 Å². The Balaban J connectivity index is 2.06. The zero-order valence-corrected chi connectivity index (χ0v) is 13.1. The van der Waals surface area contributed by atoms with Gasteiger partial charge in [0.15, 0.2) is 0 Å². The molecule has 0 aliphatic heterocycles. The molecule has 0 aliphatic rings. The van der Waals surface area contributed by atoms with Gasteiger partial charge in [0, 0.05) is 33.5 Å². The van der Waals surface area contributed by atoms with Crippen LogP contribution in [0, 0.1) is 13.8 Å². The molecule has 2 heterocycles. The van der Waals surface area contributed by atoms with E-state index in [1.54, 1.807) is 0 Å². The van der Waals surface area contributed by atoms with E-state index < -0.39 is 0 Å². The Hall–Kier alpha value is -1.81. The Morgan fingerprint density at radius 2 is 2.05 bits per heavy atom. The number of fused-ring (bicyclic) bond motifs is 1. The molecule has 2 aromatic heterocycles. The lowest BCUT2D eigenvalue weighted by Gasteiger charge is -2.11. The molecule has 0 amide bonds. The van der Waals surface area contributed by atoms with Gasteiger partial charge in [0.2, 0.25) is 0 Å². The first-order chi connectivity index (χ1) is 9.58. The summed E-state index contributed by atoms with van der Waals surface area (Å²) in [7, 11) is 0. The topological polar surface area (TPSA) is 43.8 Å². The monoisotopic (exact) mass is 329 g/mol. The number of hydrogen-bond donors (Lipinski definition) is 1. The molecule has 0 radical (unpaired) electrons. The first kappa shape index (κ1) is 13.2. The minimum atomic E-state index is 0.732. The second-order valence-corrected chi connectivity index (χ2v) is 5.90. The third-order valence-corrected chi connectivity index (χ3v) is 4.45. The number of rotatable bonds is 2. The van der Waals surface area contributed by atoms with E-state index in [0.717, 1.165) is 33.5 Å². The summed E-state index contributed by atoms with van der Waals surface area (Å²) < 4.78 is 3.31. The van der Waals surface area contributed by atoms with Gasteiger partial charge in [-0.05, 0) is 43.2 Å². The SMILES string of the molecule is Cc1cnc(Cn2ccc3c(Br)cccc32)c(C)c1N. The molecule has 0 unspecified atom stereocenters. The van der Waals surface area contributed by atoms with Gasteiger partial charge in [0.25, 0.3) is 0 Å². The number of benzene rings is 1. The van der Waals surface area contributed by atoms with Crippen molar-refractivity contribution in [1.29, 1.82) is 0 Å². The molecule has 3 nitrogen and oxygen atoms in total. The number of pyridine rings is 1. The third kappa shape index (κ3) is 2.10. The van der Waals surface area contributed by atoms with Crippen LogP contribution in [0.2, 0.25) is 0 Å². The van der Waals surface area contributed by atoms with Crippen LogP contribution in [0.15, 0.2) is 41.1 Å². The molecule has 0 fully saturated rings. The average molecular weight is 330 g/mol. The van der Waals surface area contributed by atoms with Crippen molar-refractivity contribution in [3.05, 3.63) is 58.0 Å². The number of anilines is 1. The van der Waals surface area contributed by atoms with Gasteiger partial charge >= 0.3 is 0 Å². The summed E-state index contributed by atoms with van der Waals surface area (Å²) in [5.41, 5.74) is 11.3. The fourth-order valence-corrected chi connectivity index (χ4v) is 2.92. The van der Waals surface area contributed by atoms with Gasteiger partial charge in [-0.25, -0.2) is 0 Å². The quantitative estimate of drug-likeness (QED) is 0.770. The summed E-state index contributed by atoms with van der Waals surface area (Å²) in [6.45, 7) is 4.75. The van der Waals surface area contributed by atoms with Crippen LogP contribution in [-0.4, -0.2) is 9.55 Å². The molecule has 0 saturated heterocycles. The number of nitrogens with zero attached hydrogens (tertiary/aromatic N) is 2. The lowest BCUT2D eigenvalue weighted by Crippen LogP contribution is -2.06. The molecular weight excluding hydrogens is 314 g/mol. The lowest BCUT2D eigenvalue weighted by atomic mass is 10.1. The second kappa shape index (κ2) is 4.94. The molecule has 4 heteroatoms. The lowest BCUT2D eigenvalue weighted by molar-refractivity contribution is 0.799. The number of hydrogen-bond acceptors (Lipinski definition) is 2. The van der Waals surface area contributed by atoms with Crippen LogP contribution in [0.25, 0.3) is 10.9 Å². The van der Waals surface area contributed by atoms with E-state index in [9.17, 15) is 0 Å². The highest BCUT2D eigenvalue weighted by Gasteiger charge is 2.09. The molecule has 0 atom stereocenters.